The van der Waals surface area contributed by atoms with E-state index >= 15 is 0 Å². The second kappa shape index (κ2) is 7.26. The van der Waals surface area contributed by atoms with Crippen molar-refractivity contribution in [1.82, 2.24) is 5.32 Å². The smallest absolute Gasteiger partial charge is 0.223 e. The third kappa shape index (κ3) is 4.65. The molecule has 1 aromatic carbocycles. The lowest BCUT2D eigenvalue weighted by Crippen LogP contribution is -2.32. The van der Waals surface area contributed by atoms with E-state index in [2.05, 4.69) is 5.32 Å². The lowest BCUT2D eigenvalue weighted by atomic mass is 10.1. The summed E-state index contributed by atoms with van der Waals surface area (Å²) in [5, 5.41) is 2.91. The van der Waals surface area contributed by atoms with Gasteiger partial charge in [-0.05, 0) is 24.8 Å². The number of nitrogens with two attached hydrogens (primary N) is 1. The van der Waals surface area contributed by atoms with Crippen molar-refractivity contribution in [3.05, 3.63) is 35.9 Å². The molecule has 1 fully saturated rings. The minimum Gasteiger partial charge on any atom is -0.375 e. The zero-order valence-electron chi connectivity index (χ0n) is 11.2. The van der Waals surface area contributed by atoms with E-state index in [1.165, 1.54) is 0 Å². The number of hydrogen-bond acceptors (Lipinski definition) is 3. The van der Waals surface area contributed by atoms with Crippen LogP contribution < -0.4 is 11.1 Å². The van der Waals surface area contributed by atoms with E-state index < -0.39 is 0 Å². The highest BCUT2D eigenvalue weighted by atomic mass is 16.5. The summed E-state index contributed by atoms with van der Waals surface area (Å²) >= 11 is 0. The molecule has 0 aromatic heterocycles. The van der Waals surface area contributed by atoms with Crippen LogP contribution in [0.1, 0.15) is 24.8 Å². The summed E-state index contributed by atoms with van der Waals surface area (Å²) in [6.45, 7) is 1.70. The quantitative estimate of drug-likeness (QED) is 0.763. The van der Waals surface area contributed by atoms with Gasteiger partial charge in [-0.15, -0.1) is 0 Å². The fourth-order valence-corrected chi connectivity index (χ4v) is 2.41. The molecule has 0 spiro atoms. The average Bonchev–Trinajstić information content (AvgIpc) is 2.86. The van der Waals surface area contributed by atoms with Crippen LogP contribution in [0.25, 0.3) is 0 Å². The second-order valence-corrected chi connectivity index (χ2v) is 5.10. The first kappa shape index (κ1) is 14.0. The lowest BCUT2D eigenvalue weighted by molar-refractivity contribution is -0.125. The Kier molecular flexibility index (Phi) is 5.36. The van der Waals surface area contributed by atoms with E-state index in [-0.39, 0.29) is 17.9 Å². The molecule has 4 nitrogen and oxygen atoms in total. The van der Waals surface area contributed by atoms with Crippen molar-refractivity contribution >= 4 is 5.91 Å². The molecule has 3 N–H and O–H groups in total. The molecule has 0 aliphatic heterocycles. The van der Waals surface area contributed by atoms with Crippen LogP contribution in [-0.2, 0) is 16.1 Å². The summed E-state index contributed by atoms with van der Waals surface area (Å²) in [5.74, 6) is 0.223. The fraction of sp³-hybridized carbons (Fsp3) is 0.533. The third-order valence-corrected chi connectivity index (χ3v) is 3.50. The van der Waals surface area contributed by atoms with Gasteiger partial charge in [0.15, 0.2) is 0 Å². The summed E-state index contributed by atoms with van der Waals surface area (Å²) in [5.41, 5.74) is 6.95. The van der Waals surface area contributed by atoms with Crippen LogP contribution in [-0.4, -0.2) is 25.1 Å². The molecular weight excluding hydrogens is 240 g/mol. The molecule has 0 unspecified atom stereocenters. The van der Waals surface area contributed by atoms with E-state index in [0.29, 0.717) is 19.8 Å². The summed E-state index contributed by atoms with van der Waals surface area (Å²) in [4.78, 5) is 11.8. The van der Waals surface area contributed by atoms with Crippen LogP contribution in [0.5, 0.6) is 0 Å². The Hall–Kier alpha value is -1.39. The first-order valence-corrected chi connectivity index (χ1v) is 6.90. The highest BCUT2D eigenvalue weighted by molar-refractivity contribution is 5.78. The first-order chi connectivity index (χ1) is 9.25. The van der Waals surface area contributed by atoms with Crippen LogP contribution in [0.3, 0.4) is 0 Å². The Bertz CT molecular complexity index is 394. The number of amides is 1. The highest BCUT2D eigenvalue weighted by Gasteiger charge is 2.27. The molecule has 1 amide bonds. The van der Waals surface area contributed by atoms with Gasteiger partial charge in [0.25, 0.3) is 0 Å². The number of rotatable bonds is 6. The van der Waals surface area contributed by atoms with Gasteiger partial charge >= 0.3 is 0 Å². The maximum atomic E-state index is 11.8. The number of nitrogens with one attached hydrogen (secondary N) is 1. The largest absolute Gasteiger partial charge is 0.375 e. The molecule has 19 heavy (non-hydrogen) atoms. The third-order valence-electron chi connectivity index (χ3n) is 3.50. The van der Waals surface area contributed by atoms with Crippen LogP contribution in [0.15, 0.2) is 30.3 Å². The van der Waals surface area contributed by atoms with Gasteiger partial charge in [0, 0.05) is 18.5 Å². The predicted octanol–water partition coefficient (Wildman–Crippen LogP) is 1.45. The zero-order valence-corrected chi connectivity index (χ0v) is 11.2. The Morgan fingerprint density at radius 2 is 2.11 bits per heavy atom. The molecular formula is C15H22N2O2. The van der Waals surface area contributed by atoms with Crippen molar-refractivity contribution in [2.45, 2.75) is 31.9 Å². The predicted molar refractivity (Wildman–Crippen MR) is 74.4 cm³/mol. The van der Waals surface area contributed by atoms with Crippen LogP contribution >= 0.6 is 0 Å². The molecule has 0 bridgehead atoms. The molecule has 2 rings (SSSR count). The summed E-state index contributed by atoms with van der Waals surface area (Å²) < 4.78 is 5.51. The monoisotopic (exact) mass is 262 g/mol. The minimum absolute atomic E-state index is 0.101. The maximum Gasteiger partial charge on any atom is 0.223 e. The van der Waals surface area contributed by atoms with Crippen molar-refractivity contribution in [3.63, 3.8) is 0 Å². The molecule has 1 aliphatic carbocycles. The van der Waals surface area contributed by atoms with E-state index in [1.54, 1.807) is 0 Å². The van der Waals surface area contributed by atoms with Crippen molar-refractivity contribution in [1.29, 1.82) is 0 Å². The molecule has 104 valence electrons. The zero-order chi connectivity index (χ0) is 13.5. The SMILES string of the molecule is N[C@H]1CC[C@@H](C(=O)NCCOCc2ccccc2)C1. The molecule has 1 aromatic rings. The van der Waals surface area contributed by atoms with E-state index in [9.17, 15) is 4.79 Å². The Labute approximate surface area is 114 Å². The Morgan fingerprint density at radius 1 is 1.32 bits per heavy atom. The summed E-state index contributed by atoms with van der Waals surface area (Å²) in [6.07, 6.45) is 2.69. The van der Waals surface area contributed by atoms with Gasteiger partial charge in [0.1, 0.15) is 0 Å². The second-order valence-electron chi connectivity index (χ2n) is 5.10. The number of ether oxygens (including phenoxy) is 1. The van der Waals surface area contributed by atoms with Crippen LogP contribution in [0.2, 0.25) is 0 Å². The van der Waals surface area contributed by atoms with Crippen molar-refractivity contribution < 1.29 is 9.53 Å². The van der Waals surface area contributed by atoms with E-state index in [1.807, 2.05) is 30.3 Å². The number of carbonyl (C=O) groups is 1. The van der Waals surface area contributed by atoms with Gasteiger partial charge < -0.3 is 15.8 Å². The maximum absolute atomic E-state index is 11.8. The van der Waals surface area contributed by atoms with Gasteiger partial charge in [-0.3, -0.25) is 4.79 Å². The first-order valence-electron chi connectivity index (χ1n) is 6.90. The van der Waals surface area contributed by atoms with Gasteiger partial charge in [-0.2, -0.15) is 0 Å². The standard InChI is InChI=1S/C15H22N2O2/c16-14-7-6-13(10-14)15(18)17-8-9-19-11-12-4-2-1-3-5-12/h1-5,13-14H,6-11,16H2,(H,17,18)/t13-,14+/m1/s1. The van der Waals surface area contributed by atoms with Crippen molar-refractivity contribution in [2.75, 3.05) is 13.2 Å². The van der Waals surface area contributed by atoms with Gasteiger partial charge in [-0.1, -0.05) is 30.3 Å². The van der Waals surface area contributed by atoms with Crippen LogP contribution in [0.4, 0.5) is 0 Å². The summed E-state index contributed by atoms with van der Waals surface area (Å²) in [6, 6.07) is 10.2. The summed E-state index contributed by atoms with van der Waals surface area (Å²) in [7, 11) is 0. The van der Waals surface area contributed by atoms with E-state index in [4.69, 9.17) is 10.5 Å². The van der Waals surface area contributed by atoms with Gasteiger partial charge in [0.2, 0.25) is 5.91 Å². The Balaban J connectivity index is 1.56. The highest BCUT2D eigenvalue weighted by Crippen LogP contribution is 2.23. The van der Waals surface area contributed by atoms with Crippen molar-refractivity contribution in [3.8, 4) is 0 Å². The molecule has 0 heterocycles. The topological polar surface area (TPSA) is 64.4 Å². The fourth-order valence-electron chi connectivity index (χ4n) is 2.41. The molecule has 2 atom stereocenters. The lowest BCUT2D eigenvalue weighted by Gasteiger charge is -2.11. The van der Waals surface area contributed by atoms with Crippen molar-refractivity contribution in [2.24, 2.45) is 11.7 Å². The van der Waals surface area contributed by atoms with Crippen LogP contribution in [0, 0.1) is 5.92 Å². The molecule has 1 aliphatic rings. The number of carbonyl (C=O) groups excluding carboxylic acids is 1. The molecule has 0 saturated heterocycles. The van der Waals surface area contributed by atoms with Gasteiger partial charge in [-0.25, -0.2) is 0 Å². The normalized spacial score (nSPS) is 22.4. The Morgan fingerprint density at radius 3 is 2.79 bits per heavy atom. The van der Waals surface area contributed by atoms with Gasteiger partial charge in [0.05, 0.1) is 13.2 Å². The minimum atomic E-state index is 0.101. The van der Waals surface area contributed by atoms with E-state index in [0.717, 1.165) is 24.8 Å². The number of benzene rings is 1. The molecule has 4 heteroatoms. The molecule has 0 radical (unpaired) electrons. The number of hydrogen-bond donors (Lipinski definition) is 2. The average molecular weight is 262 g/mol. The molecule has 1 saturated carbocycles.